The van der Waals surface area contributed by atoms with Crippen molar-refractivity contribution in [2.45, 2.75) is 38.5 Å². The summed E-state index contributed by atoms with van der Waals surface area (Å²) in [6, 6.07) is 0. The predicted molar refractivity (Wildman–Crippen MR) is 53.5 cm³/mol. The summed E-state index contributed by atoms with van der Waals surface area (Å²) >= 11 is 1.56. The number of thiazole rings is 1. The minimum absolute atomic E-state index is 0.652. The van der Waals surface area contributed by atoms with E-state index in [1.165, 1.54) is 29.8 Å². The van der Waals surface area contributed by atoms with Crippen LogP contribution in [0, 0.1) is 0 Å². The molecular weight excluding hydrogens is 182 g/mol. The van der Waals surface area contributed by atoms with Crippen LogP contribution in [-0.2, 0) is 6.42 Å². The minimum Gasteiger partial charge on any atom is -0.295 e. The highest BCUT2D eigenvalue weighted by Gasteiger charge is 2.24. The lowest BCUT2D eigenvalue weighted by Gasteiger charge is -2.24. The lowest BCUT2D eigenvalue weighted by Crippen LogP contribution is -2.10. The molecule has 1 aromatic heterocycles. The summed E-state index contributed by atoms with van der Waals surface area (Å²) in [7, 11) is 0. The Kier molecular flexibility index (Phi) is 2.44. The van der Waals surface area contributed by atoms with Crippen molar-refractivity contribution >= 4 is 17.6 Å². The summed E-state index contributed by atoms with van der Waals surface area (Å²) in [5.74, 6) is 0.653. The lowest BCUT2D eigenvalue weighted by molar-refractivity contribution is 0.112. The van der Waals surface area contributed by atoms with Crippen molar-refractivity contribution in [3.05, 3.63) is 15.6 Å². The van der Waals surface area contributed by atoms with Crippen molar-refractivity contribution in [3.8, 4) is 0 Å². The topological polar surface area (TPSA) is 30.0 Å². The minimum atomic E-state index is 0.652. The van der Waals surface area contributed by atoms with Crippen LogP contribution in [0.4, 0.5) is 0 Å². The Hall–Kier alpha value is -0.700. The van der Waals surface area contributed by atoms with Gasteiger partial charge in [-0.15, -0.1) is 11.3 Å². The van der Waals surface area contributed by atoms with Crippen molar-refractivity contribution < 1.29 is 4.79 Å². The van der Waals surface area contributed by atoms with E-state index in [4.69, 9.17) is 0 Å². The van der Waals surface area contributed by atoms with Gasteiger partial charge in [0.25, 0.3) is 0 Å². The number of carbonyl (C=O) groups is 1. The van der Waals surface area contributed by atoms with E-state index >= 15 is 0 Å². The average molecular weight is 195 g/mol. The molecule has 0 atom stereocenters. The van der Waals surface area contributed by atoms with E-state index in [0.717, 1.165) is 12.7 Å². The fourth-order valence-corrected chi connectivity index (χ4v) is 2.59. The molecule has 0 aliphatic heterocycles. The van der Waals surface area contributed by atoms with E-state index < -0.39 is 0 Å². The van der Waals surface area contributed by atoms with Crippen LogP contribution in [0.1, 0.15) is 52.5 Å². The number of hydrogen-bond donors (Lipinski definition) is 0. The quantitative estimate of drug-likeness (QED) is 0.694. The van der Waals surface area contributed by atoms with E-state index in [9.17, 15) is 4.79 Å². The molecule has 2 nitrogen and oxygen atoms in total. The summed E-state index contributed by atoms with van der Waals surface area (Å²) in [6.07, 6.45) is 5.72. The molecule has 1 aliphatic carbocycles. The molecule has 0 bridgehead atoms. The number of nitrogens with zero attached hydrogens (tertiary/aromatic N) is 1. The highest BCUT2D eigenvalue weighted by atomic mass is 32.1. The van der Waals surface area contributed by atoms with Crippen molar-refractivity contribution in [2.24, 2.45) is 0 Å². The van der Waals surface area contributed by atoms with Gasteiger partial charge in [-0.1, -0.05) is 13.3 Å². The molecule has 0 aromatic carbocycles. The number of aldehydes is 1. The molecule has 3 heteroatoms. The highest BCUT2D eigenvalue weighted by molar-refractivity contribution is 7.13. The molecule has 1 aromatic rings. The Labute approximate surface area is 82.0 Å². The first-order chi connectivity index (χ1) is 6.35. The Morgan fingerprint density at radius 3 is 2.85 bits per heavy atom. The third-order valence-corrected chi connectivity index (χ3v) is 3.80. The SMILES string of the molecule is CCc1sc(C=O)nc1C1CCC1. The third kappa shape index (κ3) is 1.53. The molecule has 70 valence electrons. The van der Waals surface area contributed by atoms with Gasteiger partial charge in [0.1, 0.15) is 0 Å². The number of rotatable bonds is 3. The predicted octanol–water partition coefficient (Wildman–Crippen LogP) is 2.79. The summed E-state index contributed by atoms with van der Waals surface area (Å²) in [5.41, 5.74) is 1.21. The highest BCUT2D eigenvalue weighted by Crippen LogP contribution is 2.39. The van der Waals surface area contributed by atoms with Crippen molar-refractivity contribution in [3.63, 3.8) is 0 Å². The van der Waals surface area contributed by atoms with Crippen LogP contribution in [0.3, 0.4) is 0 Å². The number of carbonyl (C=O) groups excluding carboxylic acids is 1. The Balaban J connectivity index is 2.30. The average Bonchev–Trinajstić information content (AvgIpc) is 2.45. The van der Waals surface area contributed by atoms with Crippen molar-refractivity contribution in [2.75, 3.05) is 0 Å². The molecule has 1 saturated carbocycles. The number of hydrogen-bond acceptors (Lipinski definition) is 3. The van der Waals surface area contributed by atoms with Crippen LogP contribution in [0.2, 0.25) is 0 Å². The van der Waals surface area contributed by atoms with Gasteiger partial charge < -0.3 is 0 Å². The molecule has 0 unspecified atom stereocenters. The van der Waals surface area contributed by atoms with Crippen LogP contribution in [0.25, 0.3) is 0 Å². The fraction of sp³-hybridized carbons (Fsp3) is 0.600. The first-order valence-electron chi connectivity index (χ1n) is 4.80. The zero-order valence-corrected chi connectivity index (χ0v) is 8.56. The van der Waals surface area contributed by atoms with E-state index in [-0.39, 0.29) is 0 Å². The smallest absolute Gasteiger partial charge is 0.178 e. The van der Waals surface area contributed by atoms with E-state index in [0.29, 0.717) is 10.9 Å². The van der Waals surface area contributed by atoms with Gasteiger partial charge in [-0.2, -0.15) is 0 Å². The molecule has 1 heterocycles. The Bertz CT molecular complexity index is 315. The van der Waals surface area contributed by atoms with Crippen LogP contribution in [0.15, 0.2) is 0 Å². The largest absolute Gasteiger partial charge is 0.295 e. The molecule has 0 N–H and O–H groups in total. The molecule has 0 radical (unpaired) electrons. The zero-order chi connectivity index (χ0) is 9.26. The van der Waals surface area contributed by atoms with Crippen LogP contribution in [0.5, 0.6) is 0 Å². The zero-order valence-electron chi connectivity index (χ0n) is 7.75. The second kappa shape index (κ2) is 3.58. The van der Waals surface area contributed by atoms with Gasteiger partial charge >= 0.3 is 0 Å². The van der Waals surface area contributed by atoms with Gasteiger partial charge in [0.15, 0.2) is 11.3 Å². The fourth-order valence-electron chi connectivity index (χ4n) is 1.69. The molecule has 1 aliphatic rings. The van der Waals surface area contributed by atoms with Gasteiger partial charge in [0.2, 0.25) is 0 Å². The molecular formula is C10H13NOS. The Morgan fingerprint density at radius 1 is 1.62 bits per heavy atom. The van der Waals surface area contributed by atoms with Crippen LogP contribution < -0.4 is 0 Å². The van der Waals surface area contributed by atoms with Crippen molar-refractivity contribution in [1.82, 2.24) is 4.98 Å². The van der Waals surface area contributed by atoms with Gasteiger partial charge in [0.05, 0.1) is 5.69 Å². The van der Waals surface area contributed by atoms with Gasteiger partial charge in [-0.05, 0) is 19.3 Å². The number of aryl methyl sites for hydroxylation is 1. The normalized spacial score (nSPS) is 17.0. The lowest BCUT2D eigenvalue weighted by atomic mass is 9.82. The second-order valence-electron chi connectivity index (χ2n) is 3.46. The van der Waals surface area contributed by atoms with E-state index in [1.807, 2.05) is 0 Å². The third-order valence-electron chi connectivity index (χ3n) is 2.66. The summed E-state index contributed by atoms with van der Waals surface area (Å²) in [6.45, 7) is 2.13. The van der Waals surface area contributed by atoms with Crippen LogP contribution in [-0.4, -0.2) is 11.3 Å². The standard InChI is InChI=1S/C10H13NOS/c1-2-8-10(7-4-3-5-7)11-9(6-12)13-8/h6-7H,2-5H2,1H3. The molecule has 0 saturated heterocycles. The molecule has 1 fully saturated rings. The van der Waals surface area contributed by atoms with E-state index in [1.54, 1.807) is 11.3 Å². The first kappa shape index (κ1) is 8.88. The Morgan fingerprint density at radius 2 is 2.38 bits per heavy atom. The van der Waals surface area contributed by atoms with Crippen LogP contribution >= 0.6 is 11.3 Å². The maximum atomic E-state index is 10.6. The van der Waals surface area contributed by atoms with Gasteiger partial charge in [-0.3, -0.25) is 4.79 Å². The van der Waals surface area contributed by atoms with Gasteiger partial charge in [0, 0.05) is 10.8 Å². The summed E-state index contributed by atoms with van der Waals surface area (Å²) in [4.78, 5) is 16.2. The first-order valence-corrected chi connectivity index (χ1v) is 5.61. The molecule has 0 amide bonds. The monoisotopic (exact) mass is 195 g/mol. The molecule has 13 heavy (non-hydrogen) atoms. The second-order valence-corrected chi connectivity index (χ2v) is 4.57. The molecule has 2 rings (SSSR count). The van der Waals surface area contributed by atoms with E-state index in [2.05, 4.69) is 11.9 Å². The number of aromatic nitrogens is 1. The maximum absolute atomic E-state index is 10.6. The maximum Gasteiger partial charge on any atom is 0.178 e. The molecule has 0 spiro atoms. The summed E-state index contributed by atoms with van der Waals surface area (Å²) < 4.78 is 0. The van der Waals surface area contributed by atoms with Gasteiger partial charge in [-0.25, -0.2) is 4.98 Å². The van der Waals surface area contributed by atoms with Crippen molar-refractivity contribution in [1.29, 1.82) is 0 Å². The summed E-state index contributed by atoms with van der Waals surface area (Å²) in [5, 5.41) is 0.652.